The molecule has 1 atom stereocenters. The summed E-state index contributed by atoms with van der Waals surface area (Å²) in [6, 6.07) is 11.9. The number of amides is 1. The van der Waals surface area contributed by atoms with Crippen molar-refractivity contribution in [2.75, 3.05) is 25.6 Å². The summed E-state index contributed by atoms with van der Waals surface area (Å²) in [6.45, 7) is 0.890. The van der Waals surface area contributed by atoms with Gasteiger partial charge in [-0.2, -0.15) is 0 Å². The molecule has 11 heteroatoms. The molecule has 1 amide bonds. The number of nitrogens with one attached hydrogen (secondary N) is 3. The second kappa shape index (κ2) is 10.6. The number of carbonyl (C=O) groups excluding carboxylic acids is 2. The van der Waals surface area contributed by atoms with Crippen LogP contribution in [-0.4, -0.2) is 51.8 Å². The van der Waals surface area contributed by atoms with Gasteiger partial charge in [-0.1, -0.05) is 0 Å². The number of methoxy groups -OCH3 is 1. The van der Waals surface area contributed by atoms with Crippen LogP contribution in [0.1, 0.15) is 33.6 Å². The predicted molar refractivity (Wildman–Crippen MR) is 122 cm³/mol. The highest BCUT2D eigenvalue weighted by molar-refractivity contribution is 7.89. The number of sulfonamides is 1. The Labute approximate surface area is 191 Å². The summed E-state index contributed by atoms with van der Waals surface area (Å²) >= 11 is 5.15. The van der Waals surface area contributed by atoms with E-state index in [9.17, 15) is 18.0 Å². The molecule has 0 aliphatic carbocycles. The molecule has 0 aromatic heterocycles. The molecule has 2 aromatic carbocycles. The van der Waals surface area contributed by atoms with E-state index in [0.717, 1.165) is 12.8 Å². The largest absolute Gasteiger partial charge is 0.465 e. The number of carbonyl (C=O) groups is 2. The minimum absolute atomic E-state index is 0.0409. The fourth-order valence-corrected chi connectivity index (χ4v) is 4.30. The van der Waals surface area contributed by atoms with Gasteiger partial charge in [0.2, 0.25) is 10.0 Å². The first kappa shape index (κ1) is 23.8. The summed E-state index contributed by atoms with van der Waals surface area (Å²) in [4.78, 5) is 23.9. The lowest BCUT2D eigenvalue weighted by molar-refractivity contribution is 0.0600. The fraction of sp³-hybridized carbons (Fsp3) is 0.286. The van der Waals surface area contributed by atoms with Crippen molar-refractivity contribution in [2.45, 2.75) is 23.8 Å². The lowest BCUT2D eigenvalue weighted by atomic mass is 10.1. The number of benzene rings is 2. The van der Waals surface area contributed by atoms with Gasteiger partial charge < -0.3 is 14.8 Å². The maximum Gasteiger partial charge on any atom is 0.337 e. The standard InChI is InChI=1S/C21H23N3O6S2/c1-29-20(26)15-6-4-14(5-7-15)19(25)24-21(31)23-16-8-10-18(11-9-16)32(27,28)22-13-17-3-2-12-30-17/h4-11,17,22H,2-3,12-13H2,1H3,(H2,23,24,25,31). The van der Waals surface area contributed by atoms with E-state index in [-0.39, 0.29) is 22.7 Å². The zero-order valence-electron chi connectivity index (χ0n) is 17.3. The fourth-order valence-electron chi connectivity index (χ4n) is 3.02. The lowest BCUT2D eigenvalue weighted by Gasteiger charge is -2.13. The number of anilines is 1. The monoisotopic (exact) mass is 477 g/mol. The smallest absolute Gasteiger partial charge is 0.337 e. The molecule has 9 nitrogen and oxygen atoms in total. The van der Waals surface area contributed by atoms with Crippen molar-refractivity contribution in [1.29, 1.82) is 0 Å². The summed E-state index contributed by atoms with van der Waals surface area (Å²) in [7, 11) is -2.38. The normalized spacial score (nSPS) is 15.7. The first-order chi connectivity index (χ1) is 15.3. The summed E-state index contributed by atoms with van der Waals surface area (Å²) in [5.41, 5.74) is 1.14. The summed E-state index contributed by atoms with van der Waals surface area (Å²) in [5.74, 6) is -0.960. The third kappa shape index (κ3) is 6.33. The minimum atomic E-state index is -3.65. The van der Waals surface area contributed by atoms with Crippen LogP contribution in [0, 0.1) is 0 Å². The Morgan fingerprint density at radius 3 is 2.34 bits per heavy atom. The first-order valence-electron chi connectivity index (χ1n) is 9.80. The van der Waals surface area contributed by atoms with Crippen molar-refractivity contribution < 1.29 is 27.5 Å². The Morgan fingerprint density at radius 1 is 1.09 bits per heavy atom. The SMILES string of the molecule is COC(=O)c1ccc(C(=O)NC(=S)Nc2ccc(S(=O)(=O)NCC3CCCO3)cc2)cc1. The summed E-state index contributed by atoms with van der Waals surface area (Å²) < 4.78 is 37.4. The third-order valence-electron chi connectivity index (χ3n) is 4.74. The highest BCUT2D eigenvalue weighted by Gasteiger charge is 2.20. The second-order valence-electron chi connectivity index (χ2n) is 6.99. The van der Waals surface area contributed by atoms with Gasteiger partial charge in [0.1, 0.15) is 0 Å². The topological polar surface area (TPSA) is 123 Å². The molecule has 3 rings (SSSR count). The van der Waals surface area contributed by atoms with Crippen LogP contribution in [0.25, 0.3) is 0 Å². The van der Waals surface area contributed by atoms with E-state index >= 15 is 0 Å². The molecule has 170 valence electrons. The molecule has 1 aliphatic heterocycles. The van der Waals surface area contributed by atoms with Gasteiger partial charge in [-0.3, -0.25) is 10.1 Å². The number of rotatable bonds is 7. The molecule has 1 unspecified atom stereocenters. The Bertz CT molecular complexity index is 1080. The highest BCUT2D eigenvalue weighted by Crippen LogP contribution is 2.16. The second-order valence-corrected chi connectivity index (χ2v) is 9.16. The highest BCUT2D eigenvalue weighted by atomic mass is 32.2. The van der Waals surface area contributed by atoms with Crippen molar-refractivity contribution in [3.63, 3.8) is 0 Å². The van der Waals surface area contributed by atoms with Gasteiger partial charge in [-0.05, 0) is 73.6 Å². The van der Waals surface area contributed by atoms with E-state index in [1.165, 1.54) is 43.5 Å². The van der Waals surface area contributed by atoms with Gasteiger partial charge in [0.05, 0.1) is 23.7 Å². The van der Waals surface area contributed by atoms with Crippen LogP contribution >= 0.6 is 12.2 Å². The maximum atomic E-state index is 12.4. The van der Waals surface area contributed by atoms with Gasteiger partial charge >= 0.3 is 5.97 Å². The van der Waals surface area contributed by atoms with Crippen molar-refractivity contribution in [2.24, 2.45) is 0 Å². The molecular formula is C21H23N3O6S2. The summed E-state index contributed by atoms with van der Waals surface area (Å²) in [6.07, 6.45) is 1.68. The zero-order valence-corrected chi connectivity index (χ0v) is 18.9. The van der Waals surface area contributed by atoms with E-state index in [1.807, 2.05) is 0 Å². The minimum Gasteiger partial charge on any atom is -0.465 e. The van der Waals surface area contributed by atoms with Crippen molar-refractivity contribution in [3.05, 3.63) is 59.7 Å². The van der Waals surface area contributed by atoms with Gasteiger partial charge in [-0.25, -0.2) is 17.9 Å². The Hall–Kier alpha value is -2.86. The molecule has 1 saturated heterocycles. The van der Waals surface area contributed by atoms with E-state index in [4.69, 9.17) is 17.0 Å². The van der Waals surface area contributed by atoms with Gasteiger partial charge in [0.25, 0.3) is 5.91 Å². The van der Waals surface area contributed by atoms with Crippen LogP contribution in [0.4, 0.5) is 5.69 Å². The Morgan fingerprint density at radius 2 is 1.75 bits per heavy atom. The van der Waals surface area contributed by atoms with Crippen LogP contribution in [0.15, 0.2) is 53.4 Å². The molecule has 1 fully saturated rings. The van der Waals surface area contributed by atoms with Crippen LogP contribution in [0.2, 0.25) is 0 Å². The first-order valence-corrected chi connectivity index (χ1v) is 11.7. The quantitative estimate of drug-likeness (QED) is 0.409. The molecule has 2 aromatic rings. The molecule has 1 heterocycles. The third-order valence-corrected chi connectivity index (χ3v) is 6.39. The Balaban J connectivity index is 1.53. The molecular weight excluding hydrogens is 454 g/mol. The van der Waals surface area contributed by atoms with E-state index in [0.29, 0.717) is 23.4 Å². The predicted octanol–water partition coefficient (Wildman–Crippen LogP) is 2.06. The van der Waals surface area contributed by atoms with E-state index in [1.54, 1.807) is 12.1 Å². The number of esters is 1. The number of ether oxygens (including phenoxy) is 2. The van der Waals surface area contributed by atoms with Crippen LogP contribution in [-0.2, 0) is 19.5 Å². The number of hydrogen-bond donors (Lipinski definition) is 3. The van der Waals surface area contributed by atoms with Gasteiger partial charge in [0.15, 0.2) is 5.11 Å². The summed E-state index contributed by atoms with van der Waals surface area (Å²) in [5, 5.41) is 5.39. The number of hydrogen-bond acceptors (Lipinski definition) is 7. The van der Waals surface area contributed by atoms with Crippen molar-refractivity contribution >= 4 is 44.9 Å². The molecule has 1 aliphatic rings. The van der Waals surface area contributed by atoms with Crippen LogP contribution < -0.4 is 15.4 Å². The molecule has 0 saturated carbocycles. The van der Waals surface area contributed by atoms with Gasteiger partial charge in [-0.15, -0.1) is 0 Å². The van der Waals surface area contributed by atoms with Gasteiger partial charge in [0, 0.05) is 24.4 Å². The molecule has 0 spiro atoms. The van der Waals surface area contributed by atoms with Crippen molar-refractivity contribution in [1.82, 2.24) is 10.0 Å². The molecule has 0 bridgehead atoms. The number of thiocarbonyl (C=S) groups is 1. The molecule has 0 radical (unpaired) electrons. The average Bonchev–Trinajstić information content (AvgIpc) is 3.31. The molecule has 32 heavy (non-hydrogen) atoms. The lowest BCUT2D eigenvalue weighted by Crippen LogP contribution is -2.34. The van der Waals surface area contributed by atoms with Crippen LogP contribution in [0.5, 0.6) is 0 Å². The van der Waals surface area contributed by atoms with E-state index in [2.05, 4.69) is 20.1 Å². The maximum absolute atomic E-state index is 12.4. The zero-order chi connectivity index (χ0) is 23.1. The van der Waals surface area contributed by atoms with Crippen molar-refractivity contribution in [3.8, 4) is 0 Å². The van der Waals surface area contributed by atoms with Crippen LogP contribution in [0.3, 0.4) is 0 Å². The molecule has 3 N–H and O–H groups in total. The average molecular weight is 478 g/mol. The Kier molecular flexibility index (Phi) is 7.91. The van der Waals surface area contributed by atoms with E-state index < -0.39 is 21.9 Å².